The van der Waals surface area contributed by atoms with Crippen LogP contribution >= 0.6 is 0 Å². The third kappa shape index (κ3) is 5.17. The van der Waals surface area contributed by atoms with Crippen molar-refractivity contribution in [2.24, 2.45) is 0 Å². The molecule has 3 nitrogen and oxygen atoms in total. The van der Waals surface area contributed by atoms with Crippen LogP contribution in [0.5, 0.6) is 0 Å². The first-order valence-electron chi connectivity index (χ1n) is 6.84. The monoisotopic (exact) mass is 268 g/mol. The van der Waals surface area contributed by atoms with E-state index in [0.717, 1.165) is 24.3 Å². The summed E-state index contributed by atoms with van der Waals surface area (Å²) in [5.41, 5.74) is 1.89. The van der Waals surface area contributed by atoms with Gasteiger partial charge in [-0.25, -0.2) is 4.39 Å². The minimum Gasteiger partial charge on any atom is -0.383 e. The summed E-state index contributed by atoms with van der Waals surface area (Å²) in [6.07, 6.45) is 0. The lowest BCUT2D eigenvalue weighted by molar-refractivity contribution is 0.204. The second-order valence-electron chi connectivity index (χ2n) is 4.88. The first-order valence-corrected chi connectivity index (χ1v) is 6.84. The summed E-state index contributed by atoms with van der Waals surface area (Å²) in [6.45, 7) is 9.21. The molecule has 0 aliphatic heterocycles. The molecule has 0 unspecified atom stereocenters. The molecule has 4 heteroatoms. The quantitative estimate of drug-likeness (QED) is 0.784. The van der Waals surface area contributed by atoms with E-state index in [2.05, 4.69) is 24.1 Å². The van der Waals surface area contributed by atoms with Crippen molar-refractivity contribution in [3.05, 3.63) is 29.6 Å². The highest BCUT2D eigenvalue weighted by Gasteiger charge is 2.12. The van der Waals surface area contributed by atoms with Gasteiger partial charge in [0.05, 0.1) is 6.61 Å². The molecule has 0 aliphatic carbocycles. The van der Waals surface area contributed by atoms with Crippen molar-refractivity contribution in [1.82, 2.24) is 5.32 Å². The fourth-order valence-corrected chi connectivity index (χ4v) is 2.05. The summed E-state index contributed by atoms with van der Waals surface area (Å²) in [5, 5.41) is 3.22. The van der Waals surface area contributed by atoms with Gasteiger partial charge in [0.15, 0.2) is 0 Å². The molecule has 0 saturated heterocycles. The van der Waals surface area contributed by atoms with E-state index in [9.17, 15) is 4.39 Å². The number of ether oxygens (including phenoxy) is 1. The van der Waals surface area contributed by atoms with Crippen LogP contribution in [0.3, 0.4) is 0 Å². The highest BCUT2D eigenvalue weighted by molar-refractivity contribution is 5.50. The molecular formula is C15H25FN2O. The van der Waals surface area contributed by atoms with Crippen LogP contribution in [-0.2, 0) is 11.3 Å². The molecule has 0 heterocycles. The van der Waals surface area contributed by atoms with Crippen molar-refractivity contribution in [1.29, 1.82) is 0 Å². The lowest BCUT2D eigenvalue weighted by Gasteiger charge is -2.29. The maximum Gasteiger partial charge on any atom is 0.125 e. The molecule has 0 atom stereocenters. The van der Waals surface area contributed by atoms with Gasteiger partial charge in [-0.2, -0.15) is 0 Å². The Morgan fingerprint density at radius 1 is 1.32 bits per heavy atom. The van der Waals surface area contributed by atoms with Crippen molar-refractivity contribution in [2.45, 2.75) is 33.4 Å². The number of benzene rings is 1. The number of anilines is 1. The first kappa shape index (κ1) is 15.9. The Morgan fingerprint density at radius 2 is 2.05 bits per heavy atom. The fraction of sp³-hybridized carbons (Fsp3) is 0.600. The van der Waals surface area contributed by atoms with Crippen LogP contribution in [0.1, 0.15) is 26.3 Å². The molecule has 0 amide bonds. The Labute approximate surface area is 115 Å². The Bertz CT molecular complexity index is 382. The Morgan fingerprint density at radius 3 is 2.63 bits per heavy atom. The number of halogens is 1. The van der Waals surface area contributed by atoms with E-state index in [-0.39, 0.29) is 5.82 Å². The van der Waals surface area contributed by atoms with Crippen molar-refractivity contribution in [2.75, 3.05) is 31.7 Å². The predicted molar refractivity (Wildman–Crippen MR) is 78.1 cm³/mol. The molecule has 0 aromatic heterocycles. The third-order valence-electron chi connectivity index (χ3n) is 3.01. The molecule has 0 saturated carbocycles. The van der Waals surface area contributed by atoms with Crippen molar-refractivity contribution >= 4 is 5.69 Å². The number of methoxy groups -OCH3 is 1. The van der Waals surface area contributed by atoms with E-state index < -0.39 is 0 Å². The summed E-state index contributed by atoms with van der Waals surface area (Å²) in [5.74, 6) is -0.187. The number of nitrogens with zero attached hydrogens (tertiary/aromatic N) is 1. The largest absolute Gasteiger partial charge is 0.383 e. The summed E-state index contributed by atoms with van der Waals surface area (Å²) in [4.78, 5) is 2.15. The van der Waals surface area contributed by atoms with Crippen LogP contribution in [0.15, 0.2) is 18.2 Å². The summed E-state index contributed by atoms with van der Waals surface area (Å²) in [7, 11) is 1.68. The summed E-state index contributed by atoms with van der Waals surface area (Å²) >= 11 is 0. The molecule has 0 radical (unpaired) electrons. The zero-order valence-electron chi connectivity index (χ0n) is 12.4. The standard InChI is InChI=1S/C15H25FN2O/c1-5-17-11-13-8-14(16)10-15(9-13)18(12(2)3)6-7-19-4/h8-10,12,17H,5-7,11H2,1-4H3. The lowest BCUT2D eigenvalue weighted by atomic mass is 10.1. The fourth-order valence-electron chi connectivity index (χ4n) is 2.05. The molecule has 1 rings (SSSR count). The molecule has 0 spiro atoms. The molecule has 1 aromatic rings. The number of hydrogen-bond acceptors (Lipinski definition) is 3. The second-order valence-corrected chi connectivity index (χ2v) is 4.88. The van der Waals surface area contributed by atoms with Crippen molar-refractivity contribution in [3.8, 4) is 0 Å². The van der Waals surface area contributed by atoms with Crippen LogP contribution in [0.4, 0.5) is 10.1 Å². The van der Waals surface area contributed by atoms with Gasteiger partial charge in [-0.1, -0.05) is 6.92 Å². The van der Waals surface area contributed by atoms with Crippen LogP contribution in [-0.4, -0.2) is 32.8 Å². The topological polar surface area (TPSA) is 24.5 Å². The Kier molecular flexibility index (Phi) is 6.81. The second kappa shape index (κ2) is 8.12. The average molecular weight is 268 g/mol. The van der Waals surface area contributed by atoms with Gasteiger partial charge in [0, 0.05) is 31.9 Å². The minimum absolute atomic E-state index is 0.187. The van der Waals surface area contributed by atoms with Gasteiger partial charge in [0.25, 0.3) is 0 Å². The van der Waals surface area contributed by atoms with Gasteiger partial charge in [-0.3, -0.25) is 0 Å². The molecule has 0 fully saturated rings. The highest BCUT2D eigenvalue weighted by atomic mass is 19.1. The van der Waals surface area contributed by atoms with Gasteiger partial charge < -0.3 is 15.0 Å². The maximum absolute atomic E-state index is 13.7. The number of rotatable bonds is 8. The van der Waals surface area contributed by atoms with Gasteiger partial charge in [0.1, 0.15) is 5.82 Å². The van der Waals surface area contributed by atoms with Crippen LogP contribution in [0.2, 0.25) is 0 Å². The van der Waals surface area contributed by atoms with Crippen LogP contribution in [0, 0.1) is 5.82 Å². The molecule has 108 valence electrons. The molecule has 1 aromatic carbocycles. The predicted octanol–water partition coefficient (Wildman–Crippen LogP) is 2.80. The normalized spacial score (nSPS) is 11.1. The molecule has 0 aliphatic rings. The van der Waals surface area contributed by atoms with E-state index in [1.807, 2.05) is 13.0 Å². The zero-order chi connectivity index (χ0) is 14.3. The van der Waals surface area contributed by atoms with Crippen LogP contribution in [0.25, 0.3) is 0 Å². The van der Waals surface area contributed by atoms with Crippen LogP contribution < -0.4 is 10.2 Å². The van der Waals surface area contributed by atoms with E-state index in [0.29, 0.717) is 19.2 Å². The SMILES string of the molecule is CCNCc1cc(F)cc(N(CCOC)C(C)C)c1. The minimum atomic E-state index is -0.187. The zero-order valence-corrected chi connectivity index (χ0v) is 12.4. The van der Waals surface area contributed by atoms with Crippen molar-refractivity contribution in [3.63, 3.8) is 0 Å². The highest BCUT2D eigenvalue weighted by Crippen LogP contribution is 2.20. The van der Waals surface area contributed by atoms with Gasteiger partial charge >= 0.3 is 0 Å². The average Bonchev–Trinajstić information content (AvgIpc) is 2.36. The smallest absolute Gasteiger partial charge is 0.125 e. The lowest BCUT2D eigenvalue weighted by Crippen LogP contribution is -2.34. The van der Waals surface area contributed by atoms with Gasteiger partial charge in [-0.15, -0.1) is 0 Å². The van der Waals surface area contributed by atoms with E-state index in [1.165, 1.54) is 0 Å². The summed E-state index contributed by atoms with van der Waals surface area (Å²) in [6, 6.07) is 5.52. The Balaban J connectivity index is 2.91. The van der Waals surface area contributed by atoms with E-state index in [4.69, 9.17) is 4.74 Å². The first-order chi connectivity index (χ1) is 9.08. The molecule has 0 bridgehead atoms. The van der Waals surface area contributed by atoms with Crippen molar-refractivity contribution < 1.29 is 9.13 Å². The number of nitrogens with one attached hydrogen (secondary N) is 1. The third-order valence-corrected chi connectivity index (χ3v) is 3.01. The Hall–Kier alpha value is -1.13. The van der Waals surface area contributed by atoms with Gasteiger partial charge in [-0.05, 0) is 44.2 Å². The van der Waals surface area contributed by atoms with E-state index in [1.54, 1.807) is 19.2 Å². The number of hydrogen-bond donors (Lipinski definition) is 1. The molecule has 19 heavy (non-hydrogen) atoms. The van der Waals surface area contributed by atoms with Gasteiger partial charge in [0.2, 0.25) is 0 Å². The maximum atomic E-state index is 13.7. The summed E-state index contributed by atoms with van der Waals surface area (Å²) < 4.78 is 18.8. The molecular weight excluding hydrogens is 243 g/mol. The van der Waals surface area contributed by atoms with E-state index >= 15 is 0 Å². The molecule has 1 N–H and O–H groups in total.